The second-order valence-corrected chi connectivity index (χ2v) is 3.50. The highest BCUT2D eigenvalue weighted by atomic mass is 35.5. The highest BCUT2D eigenvalue weighted by Crippen LogP contribution is 2.21. The first-order chi connectivity index (χ1) is 7.83. The Morgan fingerprint density at radius 2 is 2.18 bits per heavy atom. The Labute approximate surface area is 98.8 Å². The van der Waals surface area contributed by atoms with Crippen LogP contribution in [0.25, 0.3) is 0 Å². The van der Waals surface area contributed by atoms with Crippen molar-refractivity contribution in [3.8, 4) is 0 Å². The number of hydrogen-bond acceptors (Lipinski definition) is 2. The van der Waals surface area contributed by atoms with Gasteiger partial charge in [0.1, 0.15) is 5.15 Å². The molecule has 94 valence electrons. The van der Waals surface area contributed by atoms with E-state index in [1.807, 2.05) is 0 Å². The molecule has 0 radical (unpaired) electrons. The molecule has 0 bridgehead atoms. The van der Waals surface area contributed by atoms with Crippen LogP contribution in [0.15, 0.2) is 18.3 Å². The minimum atomic E-state index is -4.26. The van der Waals surface area contributed by atoms with Gasteiger partial charge in [-0.2, -0.15) is 8.78 Å². The molecule has 0 aliphatic rings. The van der Waals surface area contributed by atoms with Crippen LogP contribution in [-0.4, -0.2) is 29.8 Å². The van der Waals surface area contributed by atoms with E-state index in [9.17, 15) is 22.4 Å². The Balaban J connectivity index is 2.62. The van der Waals surface area contributed by atoms with Gasteiger partial charge in [0, 0.05) is 11.8 Å². The van der Waals surface area contributed by atoms with Crippen LogP contribution in [0.2, 0.25) is 5.15 Å². The van der Waals surface area contributed by atoms with Crippen LogP contribution in [0.5, 0.6) is 0 Å². The average molecular weight is 271 g/mol. The summed E-state index contributed by atoms with van der Waals surface area (Å²) in [6.07, 6.45) is -2.63. The van der Waals surface area contributed by atoms with Crippen LogP contribution in [0, 0.1) is 0 Å². The molecule has 1 N–H and O–H groups in total. The van der Waals surface area contributed by atoms with Gasteiger partial charge in [-0.1, -0.05) is 11.6 Å². The second kappa shape index (κ2) is 5.31. The second-order valence-electron chi connectivity index (χ2n) is 3.11. The predicted octanol–water partition coefficient (Wildman–Crippen LogP) is 2.37. The summed E-state index contributed by atoms with van der Waals surface area (Å²) in [7, 11) is 0. The van der Waals surface area contributed by atoms with E-state index in [1.54, 1.807) is 5.32 Å². The van der Waals surface area contributed by atoms with E-state index in [0.29, 0.717) is 0 Å². The number of carbonyl (C=O) groups excluding carboxylic acids is 1. The molecular weight excluding hydrogens is 264 g/mol. The maximum absolute atomic E-state index is 12.5. The van der Waals surface area contributed by atoms with Crippen LogP contribution in [-0.2, 0) is 0 Å². The smallest absolute Gasteiger partial charge is 0.324 e. The van der Waals surface area contributed by atoms with Crippen molar-refractivity contribution in [2.75, 3.05) is 6.54 Å². The van der Waals surface area contributed by atoms with E-state index < -0.39 is 24.8 Å². The summed E-state index contributed by atoms with van der Waals surface area (Å²) in [6.45, 7) is -1.44. The first kappa shape index (κ1) is 13.7. The van der Waals surface area contributed by atoms with Crippen LogP contribution < -0.4 is 5.32 Å². The Morgan fingerprint density at radius 3 is 2.71 bits per heavy atom. The molecule has 17 heavy (non-hydrogen) atoms. The molecule has 0 fully saturated rings. The van der Waals surface area contributed by atoms with Gasteiger partial charge in [-0.25, -0.2) is 13.8 Å². The van der Waals surface area contributed by atoms with Crippen molar-refractivity contribution in [3.05, 3.63) is 29.0 Å². The standard InChI is InChI=1S/C9H7ClF4N2O/c10-6-3-5(1-2-15-6)7(17)16-4-9(13,14)8(11)12/h1-3,8H,4H2,(H,16,17). The van der Waals surface area contributed by atoms with Crippen molar-refractivity contribution in [1.82, 2.24) is 10.3 Å². The zero-order valence-corrected chi connectivity index (χ0v) is 9.02. The number of rotatable bonds is 4. The summed E-state index contributed by atoms with van der Waals surface area (Å²) in [5.74, 6) is -5.18. The van der Waals surface area contributed by atoms with E-state index in [1.165, 1.54) is 12.3 Å². The van der Waals surface area contributed by atoms with E-state index in [4.69, 9.17) is 11.6 Å². The Kier molecular flexibility index (Phi) is 4.28. The van der Waals surface area contributed by atoms with Gasteiger partial charge in [-0.15, -0.1) is 0 Å². The number of nitrogens with one attached hydrogen (secondary N) is 1. The minimum Gasteiger partial charge on any atom is -0.346 e. The van der Waals surface area contributed by atoms with Gasteiger partial charge in [0.15, 0.2) is 0 Å². The molecule has 0 atom stereocenters. The van der Waals surface area contributed by atoms with E-state index >= 15 is 0 Å². The topological polar surface area (TPSA) is 42.0 Å². The largest absolute Gasteiger partial charge is 0.346 e. The molecule has 1 rings (SSSR count). The summed E-state index contributed by atoms with van der Waals surface area (Å²) in [5.41, 5.74) is -0.0323. The van der Waals surface area contributed by atoms with E-state index in [2.05, 4.69) is 4.98 Å². The van der Waals surface area contributed by atoms with Crippen molar-refractivity contribution in [2.24, 2.45) is 0 Å². The van der Waals surface area contributed by atoms with Crippen LogP contribution in [0.3, 0.4) is 0 Å². The van der Waals surface area contributed by atoms with Gasteiger partial charge in [0.05, 0.1) is 6.54 Å². The zero-order chi connectivity index (χ0) is 13.1. The quantitative estimate of drug-likeness (QED) is 0.674. The fourth-order valence-electron chi connectivity index (χ4n) is 0.921. The maximum Gasteiger partial charge on any atom is 0.324 e. The maximum atomic E-state index is 12.5. The minimum absolute atomic E-state index is 0.00160. The first-order valence-corrected chi connectivity index (χ1v) is 4.76. The Bertz CT molecular complexity index is 414. The van der Waals surface area contributed by atoms with E-state index in [-0.39, 0.29) is 10.7 Å². The molecule has 1 amide bonds. The number of aromatic nitrogens is 1. The molecule has 8 heteroatoms. The van der Waals surface area contributed by atoms with Crippen molar-refractivity contribution in [1.29, 1.82) is 0 Å². The molecule has 0 saturated carbocycles. The molecule has 0 unspecified atom stereocenters. The van der Waals surface area contributed by atoms with Crippen molar-refractivity contribution in [3.63, 3.8) is 0 Å². The molecule has 1 aromatic rings. The van der Waals surface area contributed by atoms with E-state index in [0.717, 1.165) is 6.07 Å². The third kappa shape index (κ3) is 3.85. The van der Waals surface area contributed by atoms with Gasteiger partial charge < -0.3 is 5.32 Å². The summed E-state index contributed by atoms with van der Waals surface area (Å²) < 4.78 is 48.6. The Morgan fingerprint density at radius 1 is 1.53 bits per heavy atom. The molecule has 0 saturated heterocycles. The van der Waals surface area contributed by atoms with Gasteiger partial charge in [0.25, 0.3) is 5.91 Å². The van der Waals surface area contributed by atoms with Crippen LogP contribution in [0.4, 0.5) is 17.6 Å². The highest BCUT2D eigenvalue weighted by Gasteiger charge is 2.40. The molecular formula is C9H7ClF4N2O. The SMILES string of the molecule is O=C(NCC(F)(F)C(F)F)c1ccnc(Cl)c1. The van der Waals surface area contributed by atoms with Crippen molar-refractivity contribution in [2.45, 2.75) is 12.3 Å². The number of nitrogens with zero attached hydrogens (tertiary/aromatic N) is 1. The van der Waals surface area contributed by atoms with Gasteiger partial charge >= 0.3 is 12.3 Å². The van der Waals surface area contributed by atoms with Crippen molar-refractivity contribution >= 4 is 17.5 Å². The number of carbonyl (C=O) groups is 1. The molecule has 3 nitrogen and oxygen atoms in total. The van der Waals surface area contributed by atoms with Gasteiger partial charge in [-0.3, -0.25) is 4.79 Å². The van der Waals surface area contributed by atoms with Crippen LogP contribution >= 0.6 is 11.6 Å². The molecule has 0 aliphatic carbocycles. The number of hydrogen-bond donors (Lipinski definition) is 1. The molecule has 1 heterocycles. The lowest BCUT2D eigenvalue weighted by Crippen LogP contribution is -2.41. The Hall–Kier alpha value is -1.37. The monoisotopic (exact) mass is 270 g/mol. The number of alkyl halides is 4. The molecule has 0 aromatic carbocycles. The van der Waals surface area contributed by atoms with Crippen molar-refractivity contribution < 1.29 is 22.4 Å². The summed E-state index contributed by atoms with van der Waals surface area (Å²) in [6, 6.07) is 2.36. The number of pyridine rings is 1. The molecule has 0 aliphatic heterocycles. The number of amides is 1. The van der Waals surface area contributed by atoms with Gasteiger partial charge in [-0.05, 0) is 12.1 Å². The lowest BCUT2D eigenvalue weighted by molar-refractivity contribution is -0.123. The number of halogens is 5. The first-order valence-electron chi connectivity index (χ1n) is 4.38. The fourth-order valence-corrected chi connectivity index (χ4v) is 1.09. The zero-order valence-electron chi connectivity index (χ0n) is 8.26. The highest BCUT2D eigenvalue weighted by molar-refractivity contribution is 6.29. The van der Waals surface area contributed by atoms with Gasteiger partial charge in [0.2, 0.25) is 0 Å². The molecule has 0 spiro atoms. The summed E-state index contributed by atoms with van der Waals surface area (Å²) >= 11 is 5.47. The normalized spacial score (nSPS) is 11.6. The summed E-state index contributed by atoms with van der Waals surface area (Å²) in [5, 5.41) is 1.69. The third-order valence-corrected chi connectivity index (χ3v) is 2.00. The summed E-state index contributed by atoms with van der Waals surface area (Å²) in [4.78, 5) is 14.9. The fraction of sp³-hybridized carbons (Fsp3) is 0.333. The third-order valence-electron chi connectivity index (χ3n) is 1.79. The molecule has 1 aromatic heterocycles. The lowest BCUT2D eigenvalue weighted by Gasteiger charge is -2.15. The average Bonchev–Trinajstić information content (AvgIpc) is 2.25. The predicted molar refractivity (Wildman–Crippen MR) is 52.5 cm³/mol. The van der Waals surface area contributed by atoms with Crippen LogP contribution in [0.1, 0.15) is 10.4 Å². The lowest BCUT2D eigenvalue weighted by atomic mass is 10.2.